The molecule has 0 aliphatic carbocycles. The first-order chi connectivity index (χ1) is 4.72. The van der Waals surface area contributed by atoms with Gasteiger partial charge < -0.3 is 4.74 Å². The summed E-state index contributed by atoms with van der Waals surface area (Å²) in [7, 11) is 0. The van der Waals surface area contributed by atoms with Crippen molar-refractivity contribution in [3.05, 3.63) is 0 Å². The van der Waals surface area contributed by atoms with Crippen molar-refractivity contribution < 1.29 is 4.74 Å². The molecule has 1 fully saturated rings. The van der Waals surface area contributed by atoms with E-state index >= 15 is 0 Å². The lowest BCUT2D eigenvalue weighted by molar-refractivity contribution is -0.0478. The van der Waals surface area contributed by atoms with E-state index in [2.05, 4.69) is 39.8 Å². The lowest BCUT2D eigenvalue weighted by Gasteiger charge is -2.32. The van der Waals surface area contributed by atoms with Crippen molar-refractivity contribution >= 4 is 22.9 Å². The van der Waals surface area contributed by atoms with Crippen molar-refractivity contribution in [1.82, 2.24) is 3.11 Å². The molecule has 1 rings (SSSR count). The van der Waals surface area contributed by atoms with Crippen LogP contribution in [0.1, 0.15) is 20.3 Å². The van der Waals surface area contributed by atoms with E-state index in [1.165, 1.54) is 0 Å². The topological polar surface area (TPSA) is 12.5 Å². The molecule has 0 aromatic rings. The Labute approximate surface area is 76.4 Å². The van der Waals surface area contributed by atoms with Crippen LogP contribution >= 0.6 is 22.9 Å². The maximum atomic E-state index is 5.66. The molecule has 0 radical (unpaired) electrons. The third kappa shape index (κ3) is 2.36. The molecule has 0 aromatic carbocycles. The Kier molecular flexibility index (Phi) is 3.39. The van der Waals surface area contributed by atoms with Crippen LogP contribution in [0.25, 0.3) is 0 Å². The molecule has 0 aromatic heterocycles. The minimum Gasteiger partial charge on any atom is -0.373 e. The fraction of sp³-hybridized carbons (Fsp3) is 1.00. The molecule has 2 atom stereocenters. The van der Waals surface area contributed by atoms with Crippen molar-refractivity contribution in [2.45, 2.75) is 32.5 Å². The quantitative estimate of drug-likeness (QED) is 0.523. The van der Waals surface area contributed by atoms with Gasteiger partial charge in [0.15, 0.2) is 0 Å². The summed E-state index contributed by atoms with van der Waals surface area (Å²) in [5.41, 5.74) is 0. The van der Waals surface area contributed by atoms with E-state index in [-0.39, 0.29) is 0 Å². The van der Waals surface area contributed by atoms with Gasteiger partial charge in [-0.3, -0.25) is 0 Å². The van der Waals surface area contributed by atoms with Crippen LogP contribution in [-0.2, 0) is 4.74 Å². The highest BCUT2D eigenvalue weighted by Crippen LogP contribution is 2.15. The molecule has 1 saturated heterocycles. The van der Waals surface area contributed by atoms with Crippen LogP contribution in [0.3, 0.4) is 0 Å². The standard InChI is InChI=1S/C7H14INO/c1-3-7-5-9(8)4-6(2)10-7/h6-7H,3-5H2,1-2H3. The SMILES string of the molecule is CCC1CN(I)CC(C)O1. The maximum absolute atomic E-state index is 5.66. The molecule has 0 spiro atoms. The molecule has 1 aliphatic rings. The van der Waals surface area contributed by atoms with Gasteiger partial charge >= 0.3 is 0 Å². The minimum atomic E-state index is 0.413. The van der Waals surface area contributed by atoms with E-state index in [4.69, 9.17) is 4.74 Å². The monoisotopic (exact) mass is 255 g/mol. The number of nitrogens with zero attached hydrogens (tertiary/aromatic N) is 1. The smallest absolute Gasteiger partial charge is 0.0711 e. The molecule has 2 unspecified atom stereocenters. The highest BCUT2D eigenvalue weighted by molar-refractivity contribution is 14.1. The van der Waals surface area contributed by atoms with E-state index in [0.717, 1.165) is 19.5 Å². The van der Waals surface area contributed by atoms with Gasteiger partial charge in [0.1, 0.15) is 0 Å². The Morgan fingerprint density at radius 2 is 2.30 bits per heavy atom. The van der Waals surface area contributed by atoms with Crippen LogP contribution in [-0.4, -0.2) is 28.4 Å². The van der Waals surface area contributed by atoms with Crippen LogP contribution < -0.4 is 0 Å². The fourth-order valence-electron chi connectivity index (χ4n) is 1.21. The fourth-order valence-corrected chi connectivity index (χ4v) is 2.21. The first kappa shape index (κ1) is 8.74. The summed E-state index contributed by atoms with van der Waals surface area (Å²) < 4.78 is 7.97. The third-order valence-electron chi connectivity index (χ3n) is 1.74. The van der Waals surface area contributed by atoms with Crippen molar-refractivity contribution in [3.63, 3.8) is 0 Å². The normalized spacial score (nSPS) is 36.3. The Hall–Kier alpha value is 0.650. The molecule has 1 aliphatic heterocycles. The van der Waals surface area contributed by atoms with Gasteiger partial charge in [0.05, 0.1) is 12.2 Å². The van der Waals surface area contributed by atoms with E-state index in [9.17, 15) is 0 Å². The van der Waals surface area contributed by atoms with Gasteiger partial charge in [-0.05, 0) is 13.3 Å². The summed E-state index contributed by atoms with van der Waals surface area (Å²) in [4.78, 5) is 0. The Bertz CT molecular complexity index is 99.8. The maximum Gasteiger partial charge on any atom is 0.0711 e. The number of halogens is 1. The Morgan fingerprint density at radius 1 is 1.60 bits per heavy atom. The zero-order valence-corrected chi connectivity index (χ0v) is 8.67. The molecule has 10 heavy (non-hydrogen) atoms. The number of hydrogen-bond donors (Lipinski definition) is 0. The Balaban J connectivity index is 2.35. The summed E-state index contributed by atoms with van der Waals surface area (Å²) in [6.45, 7) is 6.46. The molecular weight excluding hydrogens is 241 g/mol. The Morgan fingerprint density at radius 3 is 2.80 bits per heavy atom. The van der Waals surface area contributed by atoms with Gasteiger partial charge in [-0.2, -0.15) is 0 Å². The zero-order valence-electron chi connectivity index (χ0n) is 6.51. The lowest BCUT2D eigenvalue weighted by Crippen LogP contribution is -2.41. The molecule has 3 heteroatoms. The molecule has 1 heterocycles. The predicted molar refractivity (Wildman–Crippen MR) is 50.2 cm³/mol. The molecule has 0 N–H and O–H groups in total. The van der Waals surface area contributed by atoms with E-state index in [1.54, 1.807) is 0 Å². The number of hydrogen-bond acceptors (Lipinski definition) is 2. The first-order valence-electron chi connectivity index (χ1n) is 3.78. The molecule has 0 saturated carbocycles. The summed E-state index contributed by atoms with van der Waals surface area (Å²) in [6.07, 6.45) is 2.00. The first-order valence-corrected chi connectivity index (χ1v) is 4.75. The van der Waals surface area contributed by atoms with Crippen LogP contribution in [0.4, 0.5) is 0 Å². The summed E-state index contributed by atoms with van der Waals surface area (Å²) in [5, 5.41) is 0. The van der Waals surface area contributed by atoms with Crippen LogP contribution in [0.5, 0.6) is 0 Å². The summed E-state index contributed by atoms with van der Waals surface area (Å²) in [6, 6.07) is 0. The average Bonchev–Trinajstić information content (AvgIpc) is 1.85. The van der Waals surface area contributed by atoms with Crippen LogP contribution in [0.15, 0.2) is 0 Å². The molecule has 0 bridgehead atoms. The largest absolute Gasteiger partial charge is 0.373 e. The third-order valence-corrected chi connectivity index (χ3v) is 2.52. The highest BCUT2D eigenvalue weighted by Gasteiger charge is 2.21. The van der Waals surface area contributed by atoms with Crippen molar-refractivity contribution in [3.8, 4) is 0 Å². The number of rotatable bonds is 1. The highest BCUT2D eigenvalue weighted by atomic mass is 127. The second kappa shape index (κ2) is 3.88. The molecule has 0 amide bonds. The summed E-state index contributed by atoms with van der Waals surface area (Å²) in [5.74, 6) is 0. The molecular formula is C7H14INO. The zero-order chi connectivity index (χ0) is 7.56. The molecule has 2 nitrogen and oxygen atoms in total. The number of morpholine rings is 1. The van der Waals surface area contributed by atoms with E-state index < -0.39 is 0 Å². The predicted octanol–water partition coefficient (Wildman–Crippen LogP) is 1.84. The van der Waals surface area contributed by atoms with Crippen molar-refractivity contribution in [1.29, 1.82) is 0 Å². The van der Waals surface area contributed by atoms with Crippen LogP contribution in [0.2, 0.25) is 0 Å². The van der Waals surface area contributed by atoms with Crippen LogP contribution in [0, 0.1) is 0 Å². The van der Waals surface area contributed by atoms with Crippen molar-refractivity contribution in [2.24, 2.45) is 0 Å². The van der Waals surface area contributed by atoms with Gasteiger partial charge in [-0.15, -0.1) is 0 Å². The summed E-state index contributed by atoms with van der Waals surface area (Å²) >= 11 is 2.36. The van der Waals surface area contributed by atoms with Gasteiger partial charge in [0, 0.05) is 36.0 Å². The number of ether oxygens (including phenoxy) is 1. The van der Waals surface area contributed by atoms with E-state index in [0.29, 0.717) is 12.2 Å². The van der Waals surface area contributed by atoms with E-state index in [1.807, 2.05) is 0 Å². The van der Waals surface area contributed by atoms with Crippen molar-refractivity contribution in [2.75, 3.05) is 13.1 Å². The average molecular weight is 255 g/mol. The minimum absolute atomic E-state index is 0.413. The second-order valence-corrected chi connectivity index (χ2v) is 4.17. The molecule has 60 valence electrons. The van der Waals surface area contributed by atoms with Gasteiger partial charge in [0.25, 0.3) is 0 Å². The van der Waals surface area contributed by atoms with Gasteiger partial charge in [-0.25, -0.2) is 3.11 Å². The van der Waals surface area contributed by atoms with Gasteiger partial charge in [0.2, 0.25) is 0 Å². The second-order valence-electron chi connectivity index (χ2n) is 2.80. The van der Waals surface area contributed by atoms with Gasteiger partial charge in [-0.1, -0.05) is 6.92 Å². The lowest BCUT2D eigenvalue weighted by atomic mass is 10.2.